The number of aliphatic imine (C=N–C) groups is 1. The van der Waals surface area contributed by atoms with Crippen LogP contribution in [-0.2, 0) is 4.74 Å². The van der Waals surface area contributed by atoms with Gasteiger partial charge in [0.05, 0.1) is 6.10 Å². The summed E-state index contributed by atoms with van der Waals surface area (Å²) in [4.78, 5) is 6.61. The van der Waals surface area contributed by atoms with Gasteiger partial charge in [0.1, 0.15) is 0 Å². The molecule has 114 valence electrons. The Balaban J connectivity index is 0.00000324. The zero-order valence-corrected chi connectivity index (χ0v) is 14.8. The second-order valence-corrected chi connectivity index (χ2v) is 4.54. The van der Waals surface area contributed by atoms with Crippen LogP contribution in [0.3, 0.4) is 0 Å². The van der Waals surface area contributed by atoms with Crippen LogP contribution in [0.1, 0.15) is 26.7 Å². The molecule has 0 aromatic carbocycles. The van der Waals surface area contributed by atoms with Crippen molar-refractivity contribution < 1.29 is 4.74 Å². The molecule has 0 saturated carbocycles. The molecule has 0 bridgehead atoms. The van der Waals surface area contributed by atoms with Gasteiger partial charge in [0, 0.05) is 33.3 Å². The summed E-state index contributed by atoms with van der Waals surface area (Å²) in [5.41, 5.74) is 0. The minimum atomic E-state index is 0. The Morgan fingerprint density at radius 3 is 2.58 bits per heavy atom. The van der Waals surface area contributed by atoms with Crippen molar-refractivity contribution in [2.75, 3.05) is 46.4 Å². The molecule has 19 heavy (non-hydrogen) atoms. The Morgan fingerprint density at radius 1 is 1.32 bits per heavy atom. The molecule has 0 aromatic heterocycles. The topological polar surface area (TPSA) is 48.9 Å². The molecule has 1 aliphatic rings. The van der Waals surface area contributed by atoms with E-state index in [-0.39, 0.29) is 24.0 Å². The van der Waals surface area contributed by atoms with E-state index in [1.54, 1.807) is 0 Å². The molecular weight excluding hydrogens is 355 g/mol. The zero-order chi connectivity index (χ0) is 13.2. The maximum absolute atomic E-state index is 5.57. The Labute approximate surface area is 134 Å². The lowest BCUT2D eigenvalue weighted by molar-refractivity contribution is 0.114. The van der Waals surface area contributed by atoms with Gasteiger partial charge in [-0.1, -0.05) is 13.8 Å². The first-order valence-electron chi connectivity index (χ1n) is 7.08. The fourth-order valence-electron chi connectivity index (χ4n) is 2.11. The number of nitrogens with zero attached hydrogens (tertiary/aromatic N) is 2. The standard InChI is InChI=1S/C13H28N4O.HI/c1-4-17(5-2)9-8-15-13(14-3)16-11-12-7-6-10-18-12;/h12H,4-11H2,1-3H3,(H2,14,15,16);1H. The molecule has 1 fully saturated rings. The highest BCUT2D eigenvalue weighted by atomic mass is 127. The van der Waals surface area contributed by atoms with Crippen molar-refractivity contribution in [1.29, 1.82) is 0 Å². The van der Waals surface area contributed by atoms with Crippen LogP contribution in [0.15, 0.2) is 4.99 Å². The molecule has 5 nitrogen and oxygen atoms in total. The normalized spacial score (nSPS) is 19.4. The quantitative estimate of drug-likeness (QED) is 0.395. The van der Waals surface area contributed by atoms with E-state index in [0.29, 0.717) is 6.10 Å². The molecule has 0 aromatic rings. The van der Waals surface area contributed by atoms with E-state index in [9.17, 15) is 0 Å². The van der Waals surface area contributed by atoms with E-state index in [1.807, 2.05) is 7.05 Å². The molecule has 1 atom stereocenters. The summed E-state index contributed by atoms with van der Waals surface area (Å²) in [5.74, 6) is 0.873. The molecule has 1 aliphatic heterocycles. The Hall–Kier alpha value is -0.0800. The molecule has 1 saturated heterocycles. The van der Waals surface area contributed by atoms with Gasteiger partial charge in [-0.2, -0.15) is 0 Å². The lowest BCUT2D eigenvalue weighted by Crippen LogP contribution is -2.43. The first kappa shape index (κ1) is 18.9. The fraction of sp³-hybridized carbons (Fsp3) is 0.923. The van der Waals surface area contributed by atoms with Gasteiger partial charge in [0.2, 0.25) is 0 Å². The molecule has 0 amide bonds. The molecular formula is C13H29IN4O. The van der Waals surface area contributed by atoms with E-state index in [0.717, 1.165) is 51.7 Å². The van der Waals surface area contributed by atoms with Gasteiger partial charge in [-0.15, -0.1) is 24.0 Å². The number of likely N-dealkylation sites (N-methyl/N-ethyl adjacent to an activating group) is 1. The van der Waals surface area contributed by atoms with Crippen LogP contribution in [-0.4, -0.2) is 63.3 Å². The van der Waals surface area contributed by atoms with Gasteiger partial charge in [0.15, 0.2) is 5.96 Å². The van der Waals surface area contributed by atoms with Crippen LogP contribution in [0.25, 0.3) is 0 Å². The summed E-state index contributed by atoms with van der Waals surface area (Å²) in [6.07, 6.45) is 2.69. The summed E-state index contributed by atoms with van der Waals surface area (Å²) in [7, 11) is 1.81. The average Bonchev–Trinajstić information content (AvgIpc) is 2.91. The van der Waals surface area contributed by atoms with Crippen molar-refractivity contribution in [2.45, 2.75) is 32.8 Å². The van der Waals surface area contributed by atoms with Crippen LogP contribution >= 0.6 is 24.0 Å². The molecule has 1 rings (SSSR count). The highest BCUT2D eigenvalue weighted by Gasteiger charge is 2.15. The van der Waals surface area contributed by atoms with Crippen LogP contribution in [0.4, 0.5) is 0 Å². The number of hydrogen-bond donors (Lipinski definition) is 2. The molecule has 0 radical (unpaired) electrons. The molecule has 1 unspecified atom stereocenters. The second-order valence-electron chi connectivity index (χ2n) is 4.54. The van der Waals surface area contributed by atoms with E-state index in [4.69, 9.17) is 4.74 Å². The first-order valence-corrected chi connectivity index (χ1v) is 7.08. The number of ether oxygens (including phenoxy) is 1. The van der Waals surface area contributed by atoms with E-state index in [1.165, 1.54) is 6.42 Å². The van der Waals surface area contributed by atoms with Crippen molar-refractivity contribution in [3.63, 3.8) is 0 Å². The summed E-state index contributed by atoms with van der Waals surface area (Å²) in [5, 5.41) is 6.65. The zero-order valence-electron chi connectivity index (χ0n) is 12.4. The van der Waals surface area contributed by atoms with Gasteiger partial charge in [-0.05, 0) is 25.9 Å². The third-order valence-electron chi connectivity index (χ3n) is 3.36. The molecule has 2 N–H and O–H groups in total. The number of nitrogens with one attached hydrogen (secondary N) is 2. The van der Waals surface area contributed by atoms with Gasteiger partial charge in [-0.25, -0.2) is 0 Å². The summed E-state index contributed by atoms with van der Waals surface area (Å²) in [6.45, 7) is 10.3. The predicted octanol–water partition coefficient (Wildman–Crippen LogP) is 1.29. The lowest BCUT2D eigenvalue weighted by atomic mass is 10.2. The SMILES string of the molecule is CCN(CC)CCNC(=NC)NCC1CCCO1.I. The van der Waals surface area contributed by atoms with Crippen LogP contribution < -0.4 is 10.6 Å². The van der Waals surface area contributed by atoms with E-state index >= 15 is 0 Å². The number of guanidine groups is 1. The van der Waals surface area contributed by atoms with Crippen molar-refractivity contribution >= 4 is 29.9 Å². The molecule has 6 heteroatoms. The van der Waals surface area contributed by atoms with Crippen LogP contribution in [0.2, 0.25) is 0 Å². The predicted molar refractivity (Wildman–Crippen MR) is 91.5 cm³/mol. The van der Waals surface area contributed by atoms with Gasteiger partial charge >= 0.3 is 0 Å². The van der Waals surface area contributed by atoms with Crippen molar-refractivity contribution in [2.24, 2.45) is 4.99 Å². The van der Waals surface area contributed by atoms with Gasteiger partial charge in [-0.3, -0.25) is 4.99 Å². The largest absolute Gasteiger partial charge is 0.376 e. The number of halogens is 1. The number of rotatable bonds is 7. The second kappa shape index (κ2) is 11.7. The summed E-state index contributed by atoms with van der Waals surface area (Å²) < 4.78 is 5.57. The number of hydrogen-bond acceptors (Lipinski definition) is 3. The van der Waals surface area contributed by atoms with Gasteiger partial charge in [0.25, 0.3) is 0 Å². The maximum Gasteiger partial charge on any atom is 0.191 e. The van der Waals surface area contributed by atoms with Crippen molar-refractivity contribution in [3.05, 3.63) is 0 Å². The monoisotopic (exact) mass is 384 g/mol. The van der Waals surface area contributed by atoms with Crippen molar-refractivity contribution in [3.8, 4) is 0 Å². The van der Waals surface area contributed by atoms with Crippen LogP contribution in [0.5, 0.6) is 0 Å². The van der Waals surface area contributed by atoms with Crippen molar-refractivity contribution in [1.82, 2.24) is 15.5 Å². The average molecular weight is 384 g/mol. The third-order valence-corrected chi connectivity index (χ3v) is 3.36. The Morgan fingerprint density at radius 2 is 2.05 bits per heavy atom. The third kappa shape index (κ3) is 7.94. The molecule has 0 spiro atoms. The minimum absolute atomic E-state index is 0. The van der Waals surface area contributed by atoms with Gasteiger partial charge < -0.3 is 20.3 Å². The Kier molecular flexibility index (Phi) is 11.7. The smallest absolute Gasteiger partial charge is 0.191 e. The molecule has 0 aliphatic carbocycles. The summed E-state index contributed by atoms with van der Waals surface area (Å²) in [6, 6.07) is 0. The Bertz CT molecular complexity index is 241. The molecule has 1 heterocycles. The fourth-order valence-corrected chi connectivity index (χ4v) is 2.11. The first-order chi connectivity index (χ1) is 8.80. The van der Waals surface area contributed by atoms with Crippen LogP contribution in [0, 0.1) is 0 Å². The maximum atomic E-state index is 5.57. The highest BCUT2D eigenvalue weighted by molar-refractivity contribution is 14.0. The van der Waals surface area contributed by atoms with E-state index < -0.39 is 0 Å². The van der Waals surface area contributed by atoms with E-state index in [2.05, 4.69) is 34.4 Å². The lowest BCUT2D eigenvalue weighted by Gasteiger charge is -2.20. The summed E-state index contributed by atoms with van der Waals surface area (Å²) >= 11 is 0. The highest BCUT2D eigenvalue weighted by Crippen LogP contribution is 2.10. The minimum Gasteiger partial charge on any atom is -0.376 e.